The molecule has 0 saturated heterocycles. The van der Waals surface area contributed by atoms with Crippen LogP contribution in [0.25, 0.3) is 6.08 Å². The Morgan fingerprint density at radius 3 is 2.40 bits per heavy atom. The van der Waals surface area contributed by atoms with Gasteiger partial charge in [0.1, 0.15) is 0 Å². The molecule has 0 radical (unpaired) electrons. The highest BCUT2D eigenvalue weighted by Gasteiger charge is 2.10. The fourth-order valence-corrected chi connectivity index (χ4v) is 1.80. The number of nitro groups is 1. The van der Waals surface area contributed by atoms with E-state index in [1.165, 1.54) is 18.2 Å². The highest BCUT2D eigenvalue weighted by molar-refractivity contribution is 6.30. The summed E-state index contributed by atoms with van der Waals surface area (Å²) in [6, 6.07) is 12.7. The van der Waals surface area contributed by atoms with Crippen LogP contribution in [0.1, 0.15) is 15.9 Å². The van der Waals surface area contributed by atoms with Gasteiger partial charge in [0.15, 0.2) is 5.78 Å². The molecule has 0 aliphatic carbocycles. The highest BCUT2D eigenvalue weighted by atomic mass is 35.5. The lowest BCUT2D eigenvalue weighted by Gasteiger charge is -1.97. The summed E-state index contributed by atoms with van der Waals surface area (Å²) in [5.74, 6) is -0.236. The molecule has 0 saturated carbocycles. The molecule has 0 spiro atoms. The maximum Gasteiger partial charge on any atom is 0.276 e. The van der Waals surface area contributed by atoms with Gasteiger partial charge in [0.2, 0.25) is 0 Å². The molecule has 0 aliphatic rings. The molecule has 100 valence electrons. The number of benzene rings is 2. The number of halogens is 1. The zero-order valence-electron chi connectivity index (χ0n) is 10.3. The Morgan fingerprint density at radius 2 is 1.75 bits per heavy atom. The average Bonchev–Trinajstić information content (AvgIpc) is 2.45. The van der Waals surface area contributed by atoms with Crippen molar-refractivity contribution < 1.29 is 9.72 Å². The summed E-state index contributed by atoms with van der Waals surface area (Å²) in [5.41, 5.74) is 0.830. The molecule has 0 heterocycles. The Morgan fingerprint density at radius 1 is 1.10 bits per heavy atom. The van der Waals surface area contributed by atoms with E-state index in [2.05, 4.69) is 0 Å². The van der Waals surface area contributed by atoms with E-state index in [0.717, 1.165) is 0 Å². The molecule has 5 heteroatoms. The molecular formula is C15H10ClNO3. The monoisotopic (exact) mass is 287 g/mol. The predicted octanol–water partition coefficient (Wildman–Crippen LogP) is 4.14. The number of rotatable bonds is 4. The van der Waals surface area contributed by atoms with Crippen LogP contribution in [0.2, 0.25) is 5.02 Å². The van der Waals surface area contributed by atoms with Crippen LogP contribution < -0.4 is 0 Å². The Balaban J connectivity index is 2.23. The summed E-state index contributed by atoms with van der Waals surface area (Å²) >= 11 is 5.74. The fourth-order valence-electron chi connectivity index (χ4n) is 1.67. The Bertz CT molecular complexity index is 678. The van der Waals surface area contributed by atoms with E-state index >= 15 is 0 Å². The molecule has 2 aromatic carbocycles. The lowest BCUT2D eigenvalue weighted by molar-refractivity contribution is -0.385. The van der Waals surface area contributed by atoms with Crippen molar-refractivity contribution in [2.24, 2.45) is 0 Å². The van der Waals surface area contributed by atoms with Crippen molar-refractivity contribution in [3.8, 4) is 0 Å². The number of carbonyl (C=O) groups is 1. The molecule has 0 aliphatic heterocycles. The van der Waals surface area contributed by atoms with E-state index < -0.39 is 4.92 Å². The first-order valence-electron chi connectivity index (χ1n) is 5.79. The zero-order valence-corrected chi connectivity index (χ0v) is 11.1. The molecule has 2 aromatic rings. The van der Waals surface area contributed by atoms with E-state index in [1.54, 1.807) is 42.5 Å². The minimum absolute atomic E-state index is 0.0346. The normalized spacial score (nSPS) is 10.7. The van der Waals surface area contributed by atoms with Gasteiger partial charge in [0.25, 0.3) is 5.69 Å². The number of ketones is 1. The molecule has 0 bridgehead atoms. The highest BCUT2D eigenvalue weighted by Crippen LogP contribution is 2.19. The fraction of sp³-hybridized carbons (Fsp3) is 0. The Hall–Kier alpha value is -2.46. The molecule has 0 amide bonds. The maximum atomic E-state index is 11.9. The topological polar surface area (TPSA) is 60.2 Å². The van der Waals surface area contributed by atoms with Crippen molar-refractivity contribution in [2.75, 3.05) is 0 Å². The number of para-hydroxylation sites is 1. The summed E-state index contributed by atoms with van der Waals surface area (Å²) in [6.45, 7) is 0. The van der Waals surface area contributed by atoms with Crippen molar-refractivity contribution in [3.05, 3.63) is 80.9 Å². The summed E-state index contributed by atoms with van der Waals surface area (Å²) in [5, 5.41) is 11.4. The smallest absolute Gasteiger partial charge is 0.276 e. The van der Waals surface area contributed by atoms with Crippen LogP contribution in [-0.2, 0) is 0 Å². The van der Waals surface area contributed by atoms with Gasteiger partial charge in [-0.2, -0.15) is 0 Å². The third-order valence-corrected chi connectivity index (χ3v) is 2.93. The Labute approximate surface area is 120 Å². The zero-order chi connectivity index (χ0) is 14.5. The van der Waals surface area contributed by atoms with E-state index in [9.17, 15) is 14.9 Å². The van der Waals surface area contributed by atoms with Gasteiger partial charge in [0.05, 0.1) is 10.5 Å². The maximum absolute atomic E-state index is 11.9. The van der Waals surface area contributed by atoms with Gasteiger partial charge in [-0.3, -0.25) is 14.9 Å². The summed E-state index contributed by atoms with van der Waals surface area (Å²) < 4.78 is 0. The minimum atomic E-state index is -0.480. The number of nitro benzene ring substituents is 1. The molecule has 0 fully saturated rings. The van der Waals surface area contributed by atoms with E-state index in [0.29, 0.717) is 16.1 Å². The lowest BCUT2D eigenvalue weighted by atomic mass is 10.1. The van der Waals surface area contributed by atoms with Crippen LogP contribution in [0.15, 0.2) is 54.6 Å². The predicted molar refractivity (Wildman–Crippen MR) is 77.9 cm³/mol. The third-order valence-electron chi connectivity index (χ3n) is 2.68. The number of nitrogens with zero attached hydrogens (tertiary/aromatic N) is 1. The first-order valence-corrected chi connectivity index (χ1v) is 6.17. The molecule has 0 unspecified atom stereocenters. The van der Waals surface area contributed by atoms with E-state index in [-0.39, 0.29) is 11.5 Å². The van der Waals surface area contributed by atoms with Gasteiger partial charge in [-0.1, -0.05) is 23.7 Å². The van der Waals surface area contributed by atoms with E-state index in [4.69, 9.17) is 11.6 Å². The van der Waals surface area contributed by atoms with E-state index in [1.807, 2.05) is 0 Å². The summed E-state index contributed by atoms with van der Waals surface area (Å²) in [7, 11) is 0. The second-order valence-electron chi connectivity index (χ2n) is 4.02. The molecule has 0 aromatic heterocycles. The third kappa shape index (κ3) is 3.30. The largest absolute Gasteiger partial charge is 0.289 e. The minimum Gasteiger partial charge on any atom is -0.289 e. The van der Waals surface area contributed by atoms with Crippen LogP contribution in [0.3, 0.4) is 0 Å². The molecule has 4 nitrogen and oxygen atoms in total. The van der Waals surface area contributed by atoms with Gasteiger partial charge in [-0.25, -0.2) is 0 Å². The number of allylic oxidation sites excluding steroid dienone is 1. The van der Waals surface area contributed by atoms with Crippen LogP contribution in [0.5, 0.6) is 0 Å². The van der Waals surface area contributed by atoms with Crippen LogP contribution in [-0.4, -0.2) is 10.7 Å². The molecule has 0 atom stereocenters. The second kappa shape index (κ2) is 6.12. The van der Waals surface area contributed by atoms with Gasteiger partial charge in [-0.15, -0.1) is 0 Å². The molecular weight excluding hydrogens is 278 g/mol. The molecule has 2 rings (SSSR count). The quantitative estimate of drug-likeness (QED) is 0.367. The summed E-state index contributed by atoms with van der Waals surface area (Å²) in [4.78, 5) is 22.3. The molecule has 0 N–H and O–H groups in total. The van der Waals surface area contributed by atoms with Gasteiger partial charge < -0.3 is 0 Å². The second-order valence-corrected chi connectivity index (χ2v) is 4.46. The number of carbonyl (C=O) groups excluding carboxylic acids is 1. The average molecular weight is 288 g/mol. The first-order chi connectivity index (χ1) is 9.58. The first kappa shape index (κ1) is 14.0. The van der Waals surface area contributed by atoms with Crippen molar-refractivity contribution >= 4 is 29.1 Å². The SMILES string of the molecule is O=C(C=Cc1ccccc1[N+](=O)[O-])c1ccc(Cl)cc1. The number of hydrogen-bond donors (Lipinski definition) is 0. The van der Waals surface area contributed by atoms with Gasteiger partial charge in [-0.05, 0) is 42.5 Å². The van der Waals surface area contributed by atoms with Crippen molar-refractivity contribution in [3.63, 3.8) is 0 Å². The van der Waals surface area contributed by atoms with Crippen molar-refractivity contribution in [1.82, 2.24) is 0 Å². The number of hydrogen-bond acceptors (Lipinski definition) is 3. The Kier molecular flexibility index (Phi) is 4.27. The van der Waals surface area contributed by atoms with Gasteiger partial charge >= 0.3 is 0 Å². The van der Waals surface area contributed by atoms with Crippen LogP contribution >= 0.6 is 11.6 Å². The van der Waals surface area contributed by atoms with Crippen LogP contribution in [0, 0.1) is 10.1 Å². The van der Waals surface area contributed by atoms with Crippen molar-refractivity contribution in [2.45, 2.75) is 0 Å². The lowest BCUT2D eigenvalue weighted by Crippen LogP contribution is -1.94. The molecule has 20 heavy (non-hydrogen) atoms. The summed E-state index contributed by atoms with van der Waals surface area (Å²) in [6.07, 6.45) is 2.75. The van der Waals surface area contributed by atoms with Crippen molar-refractivity contribution in [1.29, 1.82) is 0 Å². The standard InChI is InChI=1S/C15H10ClNO3/c16-13-8-5-12(6-9-13)15(18)10-7-11-3-1-2-4-14(11)17(19)20/h1-10H. The van der Waals surface area contributed by atoms with Crippen LogP contribution in [0.4, 0.5) is 5.69 Å². The van der Waals surface area contributed by atoms with Gasteiger partial charge in [0, 0.05) is 16.7 Å².